The Morgan fingerprint density at radius 2 is 1.96 bits per heavy atom. The molecule has 0 radical (unpaired) electrons. The van der Waals surface area contributed by atoms with Gasteiger partial charge < -0.3 is 9.64 Å². The fourth-order valence-corrected chi connectivity index (χ4v) is 5.87. The van der Waals surface area contributed by atoms with E-state index >= 15 is 0 Å². The quantitative estimate of drug-likeness (QED) is 0.740. The third-order valence-electron chi connectivity index (χ3n) is 5.63. The van der Waals surface area contributed by atoms with Crippen LogP contribution in [0.1, 0.15) is 32.4 Å². The Kier molecular flexibility index (Phi) is 6.45. The van der Waals surface area contributed by atoms with Gasteiger partial charge in [-0.05, 0) is 44.1 Å². The molecular weight excluding hydrogens is 390 g/mol. The van der Waals surface area contributed by atoms with Gasteiger partial charge >= 0.3 is 0 Å². The fraction of sp³-hybridized carbons (Fsp3) is 0.619. The number of carbonyl (C=O) groups is 1. The molecule has 0 saturated carbocycles. The number of hydrogen-bond donors (Lipinski definition) is 0. The first-order chi connectivity index (χ1) is 13.6. The smallest absolute Gasteiger partial charge is 0.228 e. The van der Waals surface area contributed by atoms with Gasteiger partial charge in [0.1, 0.15) is 5.01 Å². The summed E-state index contributed by atoms with van der Waals surface area (Å²) in [5.74, 6) is 0.903. The van der Waals surface area contributed by atoms with E-state index in [1.54, 1.807) is 22.7 Å². The van der Waals surface area contributed by atoms with E-state index in [0.717, 1.165) is 61.8 Å². The average molecular weight is 420 g/mol. The largest absolute Gasteiger partial charge is 0.373 e. The fourth-order valence-electron chi connectivity index (χ4n) is 4.34. The van der Waals surface area contributed by atoms with Crippen molar-refractivity contribution in [1.29, 1.82) is 0 Å². The highest BCUT2D eigenvalue weighted by Crippen LogP contribution is 2.26. The lowest BCUT2D eigenvalue weighted by Crippen LogP contribution is -2.48. The monoisotopic (exact) mass is 419 g/mol. The molecule has 5 nitrogen and oxygen atoms in total. The number of thiazole rings is 1. The molecule has 1 amide bonds. The van der Waals surface area contributed by atoms with Gasteiger partial charge in [0.2, 0.25) is 5.91 Å². The lowest BCUT2D eigenvalue weighted by atomic mass is 9.95. The summed E-state index contributed by atoms with van der Waals surface area (Å²) in [5.41, 5.74) is 2.05. The van der Waals surface area contributed by atoms with Crippen LogP contribution in [0.15, 0.2) is 22.2 Å². The standard InChI is InChI=1S/C21H29N3O2S2/c1-15-10-23(11-16(2)26-15)12-17-3-6-24(7-4-17)20(25)9-19-14-28-21(22-19)18-5-8-27-13-18/h5,8,13-17H,3-4,6-7,9-12H2,1-2H3. The summed E-state index contributed by atoms with van der Waals surface area (Å²) >= 11 is 3.30. The van der Waals surface area contributed by atoms with Gasteiger partial charge in [-0.2, -0.15) is 11.3 Å². The molecule has 2 aromatic rings. The molecule has 2 unspecified atom stereocenters. The summed E-state index contributed by atoms with van der Waals surface area (Å²) in [4.78, 5) is 21.9. The lowest BCUT2D eigenvalue weighted by Gasteiger charge is -2.39. The third kappa shape index (κ3) is 5.00. The zero-order valence-electron chi connectivity index (χ0n) is 16.7. The second-order valence-electron chi connectivity index (χ2n) is 8.13. The number of carbonyl (C=O) groups excluding carboxylic acids is 1. The van der Waals surface area contributed by atoms with Gasteiger partial charge in [0.15, 0.2) is 0 Å². The summed E-state index contributed by atoms with van der Waals surface area (Å²) < 4.78 is 5.84. The van der Waals surface area contributed by atoms with Crippen LogP contribution in [0, 0.1) is 5.92 Å². The zero-order chi connectivity index (χ0) is 19.5. The number of ether oxygens (including phenoxy) is 1. The number of hydrogen-bond acceptors (Lipinski definition) is 6. The van der Waals surface area contributed by atoms with Crippen LogP contribution in [0.2, 0.25) is 0 Å². The molecule has 152 valence electrons. The van der Waals surface area contributed by atoms with E-state index in [0.29, 0.717) is 24.5 Å². The molecule has 2 aromatic heterocycles. The van der Waals surface area contributed by atoms with Crippen molar-refractivity contribution in [1.82, 2.24) is 14.8 Å². The van der Waals surface area contributed by atoms with Crippen LogP contribution < -0.4 is 0 Å². The normalized spacial score (nSPS) is 24.6. The van der Waals surface area contributed by atoms with Crippen molar-refractivity contribution in [3.8, 4) is 10.6 Å². The van der Waals surface area contributed by atoms with Gasteiger partial charge in [0, 0.05) is 49.0 Å². The van der Waals surface area contributed by atoms with Gasteiger partial charge in [-0.15, -0.1) is 11.3 Å². The summed E-state index contributed by atoms with van der Waals surface area (Å²) in [7, 11) is 0. The first-order valence-electron chi connectivity index (χ1n) is 10.2. The SMILES string of the molecule is CC1CN(CC2CCN(C(=O)Cc3csc(-c4ccsc4)n3)CC2)CC(C)O1. The van der Waals surface area contributed by atoms with E-state index in [9.17, 15) is 4.79 Å². The van der Waals surface area contributed by atoms with Crippen LogP contribution in [0.5, 0.6) is 0 Å². The highest BCUT2D eigenvalue weighted by molar-refractivity contribution is 7.14. The molecule has 0 aliphatic carbocycles. The van der Waals surface area contributed by atoms with Crippen molar-refractivity contribution >= 4 is 28.6 Å². The second-order valence-corrected chi connectivity index (χ2v) is 9.77. The van der Waals surface area contributed by atoms with E-state index < -0.39 is 0 Å². The van der Waals surface area contributed by atoms with Gasteiger partial charge in [0.25, 0.3) is 0 Å². The first kappa shape index (κ1) is 20.0. The molecule has 4 heterocycles. The average Bonchev–Trinajstić information content (AvgIpc) is 3.33. The first-order valence-corrected chi connectivity index (χ1v) is 12.0. The molecule has 2 fully saturated rings. The zero-order valence-corrected chi connectivity index (χ0v) is 18.3. The minimum Gasteiger partial charge on any atom is -0.373 e. The van der Waals surface area contributed by atoms with Crippen LogP contribution in [0.25, 0.3) is 10.6 Å². The van der Waals surface area contributed by atoms with Gasteiger partial charge in [-0.3, -0.25) is 9.69 Å². The van der Waals surface area contributed by atoms with E-state index in [1.807, 2.05) is 10.3 Å². The molecule has 2 aliphatic heterocycles. The molecule has 0 N–H and O–H groups in total. The maximum Gasteiger partial charge on any atom is 0.228 e. The Bertz CT molecular complexity index is 758. The number of likely N-dealkylation sites (tertiary alicyclic amines) is 1. The van der Waals surface area contributed by atoms with E-state index in [-0.39, 0.29) is 5.91 Å². The summed E-state index contributed by atoms with van der Waals surface area (Å²) in [6.45, 7) is 9.26. The highest BCUT2D eigenvalue weighted by atomic mass is 32.1. The van der Waals surface area contributed by atoms with Crippen molar-refractivity contribution in [2.45, 2.75) is 45.3 Å². The Labute approximate surface area is 175 Å². The topological polar surface area (TPSA) is 45.7 Å². The second kappa shape index (κ2) is 9.03. The summed E-state index contributed by atoms with van der Waals surface area (Å²) in [6.07, 6.45) is 3.26. The molecular formula is C21H29N3O2S2. The summed E-state index contributed by atoms with van der Waals surface area (Å²) in [6, 6.07) is 2.08. The van der Waals surface area contributed by atoms with Crippen molar-refractivity contribution in [3.63, 3.8) is 0 Å². The molecule has 0 spiro atoms. The number of nitrogens with zero attached hydrogens (tertiary/aromatic N) is 3. The molecule has 4 rings (SSSR count). The van der Waals surface area contributed by atoms with Crippen LogP contribution in [0.4, 0.5) is 0 Å². The minimum atomic E-state index is 0.217. The van der Waals surface area contributed by atoms with Gasteiger partial charge in [0.05, 0.1) is 24.3 Å². The predicted octanol–water partition coefficient (Wildman–Crippen LogP) is 3.76. The number of piperidine rings is 1. The van der Waals surface area contributed by atoms with Gasteiger partial charge in [-0.1, -0.05) is 0 Å². The lowest BCUT2D eigenvalue weighted by molar-refractivity contribution is -0.132. The van der Waals surface area contributed by atoms with Crippen molar-refractivity contribution < 1.29 is 9.53 Å². The molecule has 7 heteroatoms. The predicted molar refractivity (Wildman–Crippen MR) is 115 cm³/mol. The van der Waals surface area contributed by atoms with Crippen molar-refractivity contribution in [2.75, 3.05) is 32.7 Å². The third-order valence-corrected chi connectivity index (χ3v) is 7.25. The Morgan fingerprint density at radius 3 is 2.64 bits per heavy atom. The van der Waals surface area contributed by atoms with E-state index in [4.69, 9.17) is 4.74 Å². The van der Waals surface area contributed by atoms with Crippen LogP contribution >= 0.6 is 22.7 Å². The minimum absolute atomic E-state index is 0.217. The molecule has 0 bridgehead atoms. The number of thiophene rings is 1. The number of aromatic nitrogens is 1. The molecule has 0 aromatic carbocycles. The molecule has 2 atom stereocenters. The summed E-state index contributed by atoms with van der Waals surface area (Å²) in [5, 5.41) is 7.20. The Hall–Kier alpha value is -1.28. The number of amides is 1. The van der Waals surface area contributed by atoms with Crippen LogP contribution in [-0.2, 0) is 16.0 Å². The van der Waals surface area contributed by atoms with Crippen molar-refractivity contribution in [3.05, 3.63) is 27.9 Å². The Balaban J connectivity index is 1.24. The van der Waals surface area contributed by atoms with E-state index in [1.165, 1.54) is 0 Å². The van der Waals surface area contributed by atoms with Gasteiger partial charge in [-0.25, -0.2) is 4.98 Å². The maximum atomic E-state index is 12.7. The van der Waals surface area contributed by atoms with Crippen molar-refractivity contribution in [2.24, 2.45) is 5.92 Å². The molecule has 2 saturated heterocycles. The van der Waals surface area contributed by atoms with E-state index in [2.05, 4.69) is 40.6 Å². The van der Waals surface area contributed by atoms with Crippen LogP contribution in [-0.4, -0.2) is 65.6 Å². The maximum absolute atomic E-state index is 12.7. The number of rotatable bonds is 5. The highest BCUT2D eigenvalue weighted by Gasteiger charge is 2.28. The molecule has 2 aliphatic rings. The molecule has 28 heavy (non-hydrogen) atoms. The van der Waals surface area contributed by atoms with Crippen LogP contribution in [0.3, 0.4) is 0 Å². The number of morpholine rings is 1. The Morgan fingerprint density at radius 1 is 1.21 bits per heavy atom.